The molecule has 0 spiro atoms. The van der Waals surface area contributed by atoms with E-state index in [9.17, 15) is 9.59 Å². The van der Waals surface area contributed by atoms with Crippen molar-refractivity contribution in [2.24, 2.45) is 0 Å². The Kier molecular flexibility index (Phi) is 5.18. The van der Waals surface area contributed by atoms with Crippen LogP contribution >= 0.6 is 0 Å². The Morgan fingerprint density at radius 1 is 0.963 bits per heavy atom. The zero-order valence-corrected chi connectivity index (χ0v) is 14.9. The van der Waals surface area contributed by atoms with Gasteiger partial charge in [0.1, 0.15) is 0 Å². The Labute approximate surface area is 157 Å². The minimum absolute atomic E-state index is 0.155. The van der Waals surface area contributed by atoms with Crippen LogP contribution in [0, 0.1) is 0 Å². The Bertz CT molecular complexity index is 796. The molecule has 27 heavy (non-hydrogen) atoms. The summed E-state index contributed by atoms with van der Waals surface area (Å²) in [6.07, 6.45) is 0.934. The largest absolute Gasteiger partial charge is 0.454 e. The summed E-state index contributed by atoms with van der Waals surface area (Å²) in [5.74, 6) is -0.860. The van der Waals surface area contributed by atoms with Gasteiger partial charge in [-0.1, -0.05) is 36.4 Å². The minimum atomic E-state index is -0.768. The van der Waals surface area contributed by atoms with E-state index in [1.807, 2.05) is 48.5 Å². The number of para-hydroxylation sites is 2. The van der Waals surface area contributed by atoms with Crippen molar-refractivity contribution in [1.82, 2.24) is 0 Å². The van der Waals surface area contributed by atoms with Crippen molar-refractivity contribution in [3.05, 3.63) is 59.7 Å². The van der Waals surface area contributed by atoms with Crippen molar-refractivity contribution in [3.8, 4) is 0 Å². The maximum Gasteiger partial charge on any atom is 0.338 e. The van der Waals surface area contributed by atoms with Crippen LogP contribution in [0.25, 0.3) is 0 Å². The molecule has 1 atom stereocenters. The third-order valence-corrected chi connectivity index (χ3v) is 4.79. The zero-order chi connectivity index (χ0) is 18.6. The molecular formula is C21H21NO5. The monoisotopic (exact) mass is 367 g/mol. The molecule has 6 nitrogen and oxygen atoms in total. The van der Waals surface area contributed by atoms with Crippen LogP contribution in [0.2, 0.25) is 0 Å². The highest BCUT2D eigenvalue weighted by atomic mass is 16.6. The second-order valence-electron chi connectivity index (χ2n) is 6.53. The lowest BCUT2D eigenvalue weighted by molar-refractivity contribution is -0.172. The number of anilines is 2. The number of carbonyl (C=O) groups is 2. The molecule has 140 valence electrons. The second kappa shape index (κ2) is 7.90. The summed E-state index contributed by atoms with van der Waals surface area (Å²) in [7, 11) is 0. The molecular weight excluding hydrogens is 346 g/mol. The predicted octanol–water partition coefficient (Wildman–Crippen LogP) is 2.41. The fraction of sp³-hybridized carbons (Fsp3) is 0.333. The number of ether oxygens (including phenoxy) is 3. The molecule has 4 rings (SSSR count). The Hall–Kier alpha value is -2.70. The molecule has 2 aromatic carbocycles. The van der Waals surface area contributed by atoms with Gasteiger partial charge < -0.3 is 14.2 Å². The highest BCUT2D eigenvalue weighted by Gasteiger charge is 2.29. The molecule has 0 radical (unpaired) electrons. The van der Waals surface area contributed by atoms with Gasteiger partial charge in [0.25, 0.3) is 5.91 Å². The highest BCUT2D eigenvalue weighted by molar-refractivity contribution is 6.03. The first-order valence-electron chi connectivity index (χ1n) is 9.09. The minimum Gasteiger partial charge on any atom is -0.454 e. The number of esters is 1. The van der Waals surface area contributed by atoms with Gasteiger partial charge in [0.2, 0.25) is 0 Å². The van der Waals surface area contributed by atoms with Crippen molar-refractivity contribution in [2.75, 3.05) is 31.3 Å². The molecule has 0 N–H and O–H groups in total. The molecule has 1 amide bonds. The summed E-state index contributed by atoms with van der Waals surface area (Å²) < 4.78 is 15.8. The first kappa shape index (κ1) is 17.7. The Balaban J connectivity index is 1.56. The van der Waals surface area contributed by atoms with E-state index in [2.05, 4.69) is 0 Å². The molecule has 0 aliphatic carbocycles. The normalized spacial score (nSPS) is 18.8. The summed E-state index contributed by atoms with van der Waals surface area (Å²) in [4.78, 5) is 26.8. The van der Waals surface area contributed by atoms with Gasteiger partial charge in [0, 0.05) is 0 Å². The quantitative estimate of drug-likeness (QED) is 0.780. The van der Waals surface area contributed by atoms with Gasteiger partial charge >= 0.3 is 5.97 Å². The number of hydrogen-bond acceptors (Lipinski definition) is 5. The fourth-order valence-corrected chi connectivity index (χ4v) is 3.46. The molecule has 1 saturated heterocycles. The maximum atomic E-state index is 13.0. The molecule has 1 unspecified atom stereocenters. The summed E-state index contributed by atoms with van der Waals surface area (Å²) in [5.41, 5.74) is 3.86. The Morgan fingerprint density at radius 2 is 1.59 bits per heavy atom. The van der Waals surface area contributed by atoms with Crippen molar-refractivity contribution < 1.29 is 23.8 Å². The van der Waals surface area contributed by atoms with E-state index in [0.717, 1.165) is 35.3 Å². The van der Waals surface area contributed by atoms with E-state index in [1.54, 1.807) is 4.90 Å². The lowest BCUT2D eigenvalue weighted by Gasteiger charge is -2.25. The zero-order valence-electron chi connectivity index (χ0n) is 14.9. The molecule has 0 aromatic heterocycles. The summed E-state index contributed by atoms with van der Waals surface area (Å²) in [5, 5.41) is 0. The van der Waals surface area contributed by atoms with E-state index in [-0.39, 0.29) is 19.1 Å². The number of carbonyl (C=O) groups excluding carboxylic acids is 2. The van der Waals surface area contributed by atoms with E-state index >= 15 is 0 Å². The molecule has 0 saturated carbocycles. The number of amides is 1. The number of nitrogens with zero attached hydrogens (tertiary/aromatic N) is 1. The molecule has 2 aliphatic rings. The lowest BCUT2D eigenvalue weighted by atomic mass is 10.0. The maximum absolute atomic E-state index is 13.0. The van der Waals surface area contributed by atoms with Gasteiger partial charge in [-0.2, -0.15) is 0 Å². The first-order valence-corrected chi connectivity index (χ1v) is 9.09. The molecule has 0 bridgehead atoms. The molecule has 1 fully saturated rings. The van der Waals surface area contributed by atoms with E-state index in [4.69, 9.17) is 14.2 Å². The van der Waals surface area contributed by atoms with E-state index in [1.165, 1.54) is 0 Å². The topological polar surface area (TPSA) is 65.1 Å². The van der Waals surface area contributed by atoms with Crippen LogP contribution in [-0.4, -0.2) is 44.4 Å². The average Bonchev–Trinajstić information content (AvgIpc) is 2.89. The molecule has 2 aromatic rings. The highest BCUT2D eigenvalue weighted by Crippen LogP contribution is 2.35. The van der Waals surface area contributed by atoms with Crippen molar-refractivity contribution in [2.45, 2.75) is 18.9 Å². The van der Waals surface area contributed by atoms with Crippen LogP contribution in [0.3, 0.4) is 0 Å². The average molecular weight is 367 g/mol. The van der Waals surface area contributed by atoms with Crippen LogP contribution in [-0.2, 0) is 36.6 Å². The Morgan fingerprint density at radius 3 is 2.19 bits per heavy atom. The van der Waals surface area contributed by atoms with E-state index < -0.39 is 12.1 Å². The SMILES string of the molecule is O=C(OCC(=O)N1c2ccccc2CCc2ccccc21)C1COCCO1. The third kappa shape index (κ3) is 3.72. The van der Waals surface area contributed by atoms with Crippen LogP contribution < -0.4 is 4.90 Å². The van der Waals surface area contributed by atoms with Crippen LogP contribution in [0.15, 0.2) is 48.5 Å². The van der Waals surface area contributed by atoms with Crippen LogP contribution in [0.4, 0.5) is 11.4 Å². The second-order valence-corrected chi connectivity index (χ2v) is 6.53. The van der Waals surface area contributed by atoms with Gasteiger partial charge in [0.05, 0.1) is 31.2 Å². The number of benzene rings is 2. The van der Waals surface area contributed by atoms with Gasteiger partial charge in [-0.25, -0.2) is 4.79 Å². The fourth-order valence-electron chi connectivity index (χ4n) is 3.46. The predicted molar refractivity (Wildman–Crippen MR) is 99.0 cm³/mol. The lowest BCUT2D eigenvalue weighted by Crippen LogP contribution is -2.39. The number of aryl methyl sites for hydroxylation is 2. The molecule has 2 heterocycles. The molecule has 6 heteroatoms. The van der Waals surface area contributed by atoms with Crippen LogP contribution in [0.1, 0.15) is 11.1 Å². The molecule has 2 aliphatic heterocycles. The number of hydrogen-bond donors (Lipinski definition) is 0. The standard InChI is InChI=1S/C21H21NO5/c23-20(14-27-21(24)19-13-25-11-12-26-19)22-17-7-3-1-5-15(17)9-10-16-6-2-4-8-18(16)22/h1-8,19H,9-14H2. The van der Waals surface area contributed by atoms with Crippen molar-refractivity contribution in [1.29, 1.82) is 0 Å². The number of rotatable bonds is 3. The van der Waals surface area contributed by atoms with Crippen LogP contribution in [0.5, 0.6) is 0 Å². The summed E-state index contributed by atoms with van der Waals surface area (Å²) >= 11 is 0. The summed E-state index contributed by atoms with van der Waals surface area (Å²) in [6, 6.07) is 15.7. The summed E-state index contributed by atoms with van der Waals surface area (Å²) in [6.45, 7) is 0.619. The van der Waals surface area contributed by atoms with Gasteiger partial charge in [-0.05, 0) is 36.1 Å². The first-order chi connectivity index (χ1) is 13.2. The third-order valence-electron chi connectivity index (χ3n) is 4.79. The van der Waals surface area contributed by atoms with Gasteiger partial charge in [-0.15, -0.1) is 0 Å². The van der Waals surface area contributed by atoms with Crippen molar-refractivity contribution in [3.63, 3.8) is 0 Å². The van der Waals surface area contributed by atoms with Crippen molar-refractivity contribution >= 4 is 23.3 Å². The van der Waals surface area contributed by atoms with Gasteiger partial charge in [0.15, 0.2) is 12.7 Å². The smallest absolute Gasteiger partial charge is 0.338 e. The van der Waals surface area contributed by atoms with E-state index in [0.29, 0.717) is 13.2 Å². The number of fused-ring (bicyclic) bond motifs is 2. The van der Waals surface area contributed by atoms with Gasteiger partial charge in [-0.3, -0.25) is 9.69 Å².